The van der Waals surface area contributed by atoms with Gasteiger partial charge < -0.3 is 25.3 Å². The maximum Gasteiger partial charge on any atom is 2.00 e. The van der Waals surface area contributed by atoms with Gasteiger partial charge in [0.2, 0.25) is 0 Å². The van der Waals surface area contributed by atoms with Gasteiger partial charge in [0.1, 0.15) is 0 Å². The Kier molecular flexibility index (Phi) is 80.5. The largest absolute Gasteiger partial charge is 2.00 e. The first-order chi connectivity index (χ1) is 2.83. The molecule has 5 heteroatoms. The molecule has 0 aromatic rings. The van der Waals surface area contributed by atoms with E-state index in [2.05, 4.69) is 25.3 Å². The Morgan fingerprint density at radius 1 is 1.00 bits per heavy atom. The van der Waals surface area contributed by atoms with Crippen LogP contribution in [-0.4, -0.2) is 0 Å². The normalized spacial score (nSPS) is 2.00. The minimum absolute atomic E-state index is 0. The van der Waals surface area contributed by atoms with Crippen LogP contribution in [0.1, 0.15) is 0 Å². The van der Waals surface area contributed by atoms with E-state index in [1.54, 1.807) is 0 Å². The van der Waals surface area contributed by atoms with Crippen molar-refractivity contribution in [3.8, 4) is 10.8 Å². The molecular formula is C2N2PtS2. The first-order valence-corrected chi connectivity index (χ1v) is 1.67. The van der Waals surface area contributed by atoms with E-state index >= 15 is 0 Å². The molecule has 0 atom stereocenters. The third-order valence-corrected chi connectivity index (χ3v) is 0. The minimum Gasteiger partial charge on any atom is -0.696 e. The Bertz CT molecular complexity index is 68.7. The van der Waals surface area contributed by atoms with E-state index in [9.17, 15) is 0 Å². The van der Waals surface area contributed by atoms with Crippen molar-refractivity contribution in [2.24, 2.45) is 0 Å². The Morgan fingerprint density at radius 2 is 1.00 bits per heavy atom. The Morgan fingerprint density at radius 3 is 1.00 bits per heavy atom. The third kappa shape index (κ3) is 8790. The number of thiocyanates is 2. The number of nitrogens with zero attached hydrogens (tertiary/aromatic N) is 2. The molecule has 0 amide bonds. The molecule has 0 saturated carbocycles. The predicted octanol–water partition coefficient (Wildman–Crippen LogP) is 0.0263. The second kappa shape index (κ2) is 35.9. The van der Waals surface area contributed by atoms with Crippen molar-refractivity contribution >= 4 is 25.3 Å². The topological polar surface area (TPSA) is 47.6 Å². The number of hydrogen-bond donors (Lipinski definition) is 0. The van der Waals surface area contributed by atoms with Crippen LogP contribution in [-0.2, 0) is 46.3 Å². The summed E-state index contributed by atoms with van der Waals surface area (Å²) in [5.74, 6) is 0. The van der Waals surface area contributed by atoms with Gasteiger partial charge in [0.05, 0.1) is 0 Å². The molecule has 7 heavy (non-hydrogen) atoms. The fraction of sp³-hybridized carbons (Fsp3) is 0. The molecule has 0 rings (SSSR count). The fourth-order valence-corrected chi connectivity index (χ4v) is 0. The zero-order valence-corrected chi connectivity index (χ0v) is 6.93. The molecule has 0 heterocycles. The van der Waals surface area contributed by atoms with Crippen molar-refractivity contribution in [2.75, 3.05) is 0 Å². The molecule has 0 aromatic heterocycles. The first-order valence-electron chi connectivity index (χ1n) is 0.855. The van der Waals surface area contributed by atoms with Crippen LogP contribution in [0.2, 0.25) is 0 Å². The zero-order chi connectivity index (χ0) is 5.41. The van der Waals surface area contributed by atoms with Crippen molar-refractivity contribution in [1.82, 2.24) is 0 Å². The van der Waals surface area contributed by atoms with Crippen molar-refractivity contribution in [1.29, 1.82) is 10.5 Å². The van der Waals surface area contributed by atoms with Crippen molar-refractivity contribution < 1.29 is 21.1 Å². The molecule has 0 aromatic carbocycles. The maximum atomic E-state index is 7.13. The van der Waals surface area contributed by atoms with E-state index in [1.165, 1.54) is 10.8 Å². The van der Waals surface area contributed by atoms with E-state index in [0.29, 0.717) is 0 Å². The van der Waals surface area contributed by atoms with E-state index in [1.807, 2.05) is 0 Å². The summed E-state index contributed by atoms with van der Waals surface area (Å²) in [5.41, 5.74) is 0. The average molecular weight is 311 g/mol. The Labute approximate surface area is 67.6 Å². The average Bonchev–Trinajstić information content (AvgIpc) is 1.39. The molecule has 0 aliphatic heterocycles. The molecule has 0 radical (unpaired) electrons. The third-order valence-electron chi connectivity index (χ3n) is 0. The molecular weight excluding hydrogens is 311 g/mol. The van der Waals surface area contributed by atoms with Crippen molar-refractivity contribution in [2.45, 2.75) is 0 Å². The number of hydrogen-bond acceptors (Lipinski definition) is 4. The van der Waals surface area contributed by atoms with Crippen LogP contribution in [0.25, 0.3) is 0 Å². The summed E-state index contributed by atoms with van der Waals surface area (Å²) in [7, 11) is 0. The predicted molar refractivity (Wildman–Crippen MR) is 26.0 cm³/mol. The number of rotatable bonds is 0. The van der Waals surface area contributed by atoms with Crippen LogP contribution < -0.4 is 0 Å². The smallest absolute Gasteiger partial charge is 0.696 e. The molecule has 40 valence electrons. The Hall–Kier alpha value is 0.108. The summed E-state index contributed by atoms with van der Waals surface area (Å²) >= 11 is 7.40. The van der Waals surface area contributed by atoms with Gasteiger partial charge in [0, 0.05) is 0 Å². The van der Waals surface area contributed by atoms with Gasteiger partial charge >= 0.3 is 21.1 Å². The summed E-state index contributed by atoms with van der Waals surface area (Å²) in [6.07, 6.45) is 0. The van der Waals surface area contributed by atoms with Crippen LogP contribution in [0.4, 0.5) is 0 Å². The second-order valence-electron chi connectivity index (χ2n) is 0.183. The summed E-state index contributed by atoms with van der Waals surface area (Å²) in [6.45, 7) is 0. The zero-order valence-electron chi connectivity index (χ0n) is 3.03. The van der Waals surface area contributed by atoms with Crippen LogP contribution in [0.5, 0.6) is 0 Å². The van der Waals surface area contributed by atoms with Gasteiger partial charge in [-0.1, -0.05) is 10.8 Å². The molecule has 0 saturated heterocycles. The quantitative estimate of drug-likeness (QED) is 0.468. The summed E-state index contributed by atoms with van der Waals surface area (Å²) in [6, 6.07) is 0. The van der Waals surface area contributed by atoms with Crippen molar-refractivity contribution in [3.05, 3.63) is 0 Å². The van der Waals surface area contributed by atoms with Gasteiger partial charge in [-0.25, -0.2) is 10.5 Å². The van der Waals surface area contributed by atoms with E-state index in [4.69, 9.17) is 10.5 Å². The van der Waals surface area contributed by atoms with Gasteiger partial charge in [-0.05, 0) is 0 Å². The number of nitriles is 2. The van der Waals surface area contributed by atoms with Gasteiger partial charge in [-0.3, -0.25) is 0 Å². The molecule has 0 aliphatic carbocycles. The van der Waals surface area contributed by atoms with Crippen molar-refractivity contribution in [3.63, 3.8) is 0 Å². The molecule has 0 aliphatic rings. The maximum absolute atomic E-state index is 7.13. The van der Waals surface area contributed by atoms with Crippen LogP contribution >= 0.6 is 0 Å². The SMILES string of the molecule is N#C[S-].N#C[S-].[Pt+2]. The molecule has 0 spiro atoms. The van der Waals surface area contributed by atoms with Gasteiger partial charge in [0.25, 0.3) is 0 Å². The van der Waals surface area contributed by atoms with Gasteiger partial charge in [-0.2, -0.15) is 0 Å². The fourth-order valence-electron chi connectivity index (χ4n) is 0. The van der Waals surface area contributed by atoms with Crippen LogP contribution in [0.3, 0.4) is 0 Å². The second-order valence-corrected chi connectivity index (χ2v) is 0.548. The van der Waals surface area contributed by atoms with Gasteiger partial charge in [-0.15, -0.1) is 0 Å². The standard InChI is InChI=1S/2CHNS.Pt/c2*2-1-3;/h2*3H;/q;;+2/p-2. The summed E-state index contributed by atoms with van der Waals surface area (Å²) in [4.78, 5) is 0. The molecule has 0 unspecified atom stereocenters. The van der Waals surface area contributed by atoms with E-state index in [-0.39, 0.29) is 21.1 Å². The summed E-state index contributed by atoms with van der Waals surface area (Å²) < 4.78 is 0. The van der Waals surface area contributed by atoms with E-state index < -0.39 is 0 Å². The molecule has 0 N–H and O–H groups in total. The van der Waals surface area contributed by atoms with E-state index in [0.717, 1.165) is 0 Å². The minimum atomic E-state index is 0. The first kappa shape index (κ1) is 15.7. The van der Waals surface area contributed by atoms with Gasteiger partial charge in [0.15, 0.2) is 0 Å². The molecule has 0 fully saturated rings. The molecule has 0 bridgehead atoms. The summed E-state index contributed by atoms with van der Waals surface area (Å²) in [5, 5.41) is 16.9. The Balaban J connectivity index is -0.0000000400. The van der Waals surface area contributed by atoms with Crippen LogP contribution in [0.15, 0.2) is 0 Å². The monoisotopic (exact) mass is 311 g/mol. The molecule has 2 nitrogen and oxygen atoms in total. The van der Waals surface area contributed by atoms with Crippen LogP contribution in [0, 0.1) is 21.3 Å².